The Bertz CT molecular complexity index is 1160. The second-order valence-electron chi connectivity index (χ2n) is 11.4. The molecule has 3 N–H and O–H groups in total. The van der Waals surface area contributed by atoms with E-state index in [0.29, 0.717) is 42.4 Å². The lowest BCUT2D eigenvalue weighted by Crippen LogP contribution is -2.70. The van der Waals surface area contributed by atoms with E-state index in [-0.39, 0.29) is 24.7 Å². The molecule has 8 nitrogen and oxygen atoms in total. The van der Waals surface area contributed by atoms with Gasteiger partial charge in [0.05, 0.1) is 12.0 Å². The summed E-state index contributed by atoms with van der Waals surface area (Å²) in [5, 5.41) is 18.9. The van der Waals surface area contributed by atoms with Crippen LogP contribution in [0.25, 0.3) is 0 Å². The van der Waals surface area contributed by atoms with Gasteiger partial charge in [-0.25, -0.2) is 8.78 Å². The lowest BCUT2D eigenvalue weighted by molar-refractivity contribution is -0.194. The molecule has 2 saturated carbocycles. The molecule has 6 atom stereocenters. The number of fused-ring (bicyclic) bond motifs is 3. The first-order chi connectivity index (χ1) is 18.7. The molecule has 0 radical (unpaired) electrons. The van der Waals surface area contributed by atoms with Crippen molar-refractivity contribution in [2.24, 2.45) is 17.8 Å². The van der Waals surface area contributed by atoms with Gasteiger partial charge in [0.2, 0.25) is 17.7 Å². The average molecular weight is 562 g/mol. The predicted octanol–water partition coefficient (Wildman–Crippen LogP) is 3.86. The number of alkyl halides is 2. The number of carbonyl (C=O) groups is 3. The standard InChI is InChI=1S/C28H34ClF2N5O3/c29-18-4-1-5-19(13-18)34-23(11-16-6-7-16)27(39)36-21-8-9-22(28(30,31)14-21)24(36)26(38)35-20(15-32)12-17-3-2-10-33-25(17)37/h1,4-5,13,16-17,20-24,34H,2-3,6-12,14H2,(H,33,37)(H,35,38)/t17-,20+,21+,22+,23+,24-/m1/s1. The lowest BCUT2D eigenvalue weighted by Gasteiger charge is -2.54. The number of rotatable bonds is 9. The SMILES string of the molecule is N#C[C@H](C[C@H]1CCCNC1=O)NC(=O)[C@H]1[C@@H]2CC[C@@H](CC2(F)F)N1C(=O)[C@H](CC1CC1)Nc1cccc(Cl)c1. The van der Waals surface area contributed by atoms with E-state index in [4.69, 9.17) is 11.6 Å². The largest absolute Gasteiger partial charge is 0.374 e. The molecule has 3 saturated heterocycles. The monoisotopic (exact) mass is 561 g/mol. The summed E-state index contributed by atoms with van der Waals surface area (Å²) in [5.41, 5.74) is 0.644. The Labute approximate surface area is 231 Å². The minimum atomic E-state index is -3.10. The predicted molar refractivity (Wildman–Crippen MR) is 141 cm³/mol. The molecule has 2 aliphatic carbocycles. The summed E-state index contributed by atoms with van der Waals surface area (Å²) in [6, 6.07) is 5.10. The molecule has 1 aromatic rings. The molecule has 3 aliphatic heterocycles. The summed E-state index contributed by atoms with van der Waals surface area (Å²) in [6.45, 7) is 0.571. The van der Waals surface area contributed by atoms with Gasteiger partial charge in [0, 0.05) is 35.6 Å². The maximum Gasteiger partial charge on any atom is 0.255 e. The molecule has 1 aromatic carbocycles. The molecule has 6 rings (SSSR count). The van der Waals surface area contributed by atoms with Gasteiger partial charge in [0.15, 0.2) is 0 Å². The zero-order valence-corrected chi connectivity index (χ0v) is 22.4. The van der Waals surface area contributed by atoms with E-state index in [1.807, 2.05) is 6.07 Å². The number of anilines is 1. The molecule has 39 heavy (non-hydrogen) atoms. The Hall–Kier alpha value is -2.93. The van der Waals surface area contributed by atoms with Gasteiger partial charge in [-0.15, -0.1) is 0 Å². The maximum atomic E-state index is 15.1. The smallest absolute Gasteiger partial charge is 0.255 e. The minimum Gasteiger partial charge on any atom is -0.374 e. The fourth-order valence-electron chi connectivity index (χ4n) is 6.44. The highest BCUT2D eigenvalue weighted by atomic mass is 35.5. The topological polar surface area (TPSA) is 114 Å². The van der Waals surface area contributed by atoms with Gasteiger partial charge in [0.25, 0.3) is 5.92 Å². The van der Waals surface area contributed by atoms with Crippen molar-refractivity contribution in [3.05, 3.63) is 29.3 Å². The maximum absolute atomic E-state index is 15.1. The van der Waals surface area contributed by atoms with Crippen LogP contribution in [0.4, 0.5) is 14.5 Å². The fraction of sp³-hybridized carbons (Fsp3) is 0.643. The first kappa shape index (κ1) is 27.6. The van der Waals surface area contributed by atoms with E-state index in [1.54, 1.807) is 24.3 Å². The third kappa shape index (κ3) is 6.13. The van der Waals surface area contributed by atoms with Crippen LogP contribution in [0.3, 0.4) is 0 Å². The fourth-order valence-corrected chi connectivity index (χ4v) is 6.63. The highest BCUT2D eigenvalue weighted by Gasteiger charge is 2.61. The van der Waals surface area contributed by atoms with Crippen molar-refractivity contribution in [3.63, 3.8) is 0 Å². The first-order valence-corrected chi connectivity index (χ1v) is 14.2. The van der Waals surface area contributed by atoms with E-state index >= 15 is 8.78 Å². The van der Waals surface area contributed by atoms with Crippen LogP contribution in [0, 0.1) is 29.1 Å². The second-order valence-corrected chi connectivity index (χ2v) is 11.9. The van der Waals surface area contributed by atoms with E-state index in [9.17, 15) is 19.6 Å². The molecular formula is C28H34ClF2N5O3. The Morgan fingerprint density at radius 2 is 2.00 bits per heavy atom. The third-order valence-corrected chi connectivity index (χ3v) is 8.82. The summed E-state index contributed by atoms with van der Waals surface area (Å²) >= 11 is 6.14. The number of piperidine rings is 3. The van der Waals surface area contributed by atoms with Gasteiger partial charge in [-0.2, -0.15) is 5.26 Å². The van der Waals surface area contributed by atoms with Crippen molar-refractivity contribution in [2.75, 3.05) is 11.9 Å². The average Bonchev–Trinajstić information content (AvgIpc) is 3.72. The van der Waals surface area contributed by atoms with Crippen LogP contribution >= 0.6 is 11.6 Å². The molecule has 2 bridgehead atoms. The zero-order valence-electron chi connectivity index (χ0n) is 21.7. The molecule has 3 heterocycles. The molecule has 3 amide bonds. The summed E-state index contributed by atoms with van der Waals surface area (Å²) in [7, 11) is 0. The number of amides is 3. The minimum absolute atomic E-state index is 0.0971. The first-order valence-electron chi connectivity index (χ1n) is 13.9. The molecule has 0 aromatic heterocycles. The van der Waals surface area contributed by atoms with Gasteiger partial charge in [-0.1, -0.05) is 30.5 Å². The molecular weight excluding hydrogens is 528 g/mol. The molecule has 5 fully saturated rings. The van der Waals surface area contributed by atoms with Gasteiger partial charge in [-0.3, -0.25) is 14.4 Å². The molecule has 11 heteroatoms. The quantitative estimate of drug-likeness (QED) is 0.424. The van der Waals surface area contributed by atoms with Crippen molar-refractivity contribution in [2.45, 2.75) is 87.9 Å². The molecule has 0 spiro atoms. The molecule has 0 unspecified atom stereocenters. The van der Waals surface area contributed by atoms with Crippen molar-refractivity contribution >= 4 is 35.0 Å². The van der Waals surface area contributed by atoms with Gasteiger partial charge < -0.3 is 20.9 Å². The number of hydrogen-bond donors (Lipinski definition) is 3. The van der Waals surface area contributed by atoms with Crippen LogP contribution < -0.4 is 16.0 Å². The lowest BCUT2D eigenvalue weighted by atomic mass is 9.71. The normalized spacial score (nSPS) is 29.1. The van der Waals surface area contributed by atoms with Crippen molar-refractivity contribution in [1.29, 1.82) is 5.26 Å². The second kappa shape index (κ2) is 11.3. The van der Waals surface area contributed by atoms with Crippen LogP contribution in [-0.2, 0) is 14.4 Å². The Morgan fingerprint density at radius 1 is 1.21 bits per heavy atom. The third-order valence-electron chi connectivity index (χ3n) is 8.58. The summed E-state index contributed by atoms with van der Waals surface area (Å²) in [6.07, 6.45) is 4.01. The number of nitriles is 1. The van der Waals surface area contributed by atoms with Gasteiger partial charge >= 0.3 is 0 Å². The van der Waals surface area contributed by atoms with Gasteiger partial charge in [-0.05, 0) is 62.6 Å². The van der Waals surface area contributed by atoms with Crippen LogP contribution in [-0.4, -0.2) is 59.3 Å². The number of hydrogen-bond acceptors (Lipinski definition) is 5. The zero-order chi connectivity index (χ0) is 27.7. The van der Waals surface area contributed by atoms with Crippen molar-refractivity contribution < 1.29 is 23.2 Å². The number of carbonyl (C=O) groups excluding carboxylic acids is 3. The molecule has 5 aliphatic rings. The van der Waals surface area contributed by atoms with Crippen LogP contribution in [0.1, 0.15) is 57.8 Å². The van der Waals surface area contributed by atoms with E-state index in [2.05, 4.69) is 16.0 Å². The summed E-state index contributed by atoms with van der Waals surface area (Å²) in [5.74, 6) is -5.83. The highest BCUT2D eigenvalue weighted by Crippen LogP contribution is 2.49. The van der Waals surface area contributed by atoms with Crippen LogP contribution in [0.15, 0.2) is 24.3 Å². The number of benzene rings is 1. The number of nitrogens with zero attached hydrogens (tertiary/aromatic N) is 2. The van der Waals surface area contributed by atoms with Crippen molar-refractivity contribution in [1.82, 2.24) is 15.5 Å². The number of halogens is 3. The summed E-state index contributed by atoms with van der Waals surface area (Å²) < 4.78 is 30.3. The summed E-state index contributed by atoms with van der Waals surface area (Å²) in [4.78, 5) is 41.3. The van der Waals surface area contributed by atoms with E-state index in [0.717, 1.165) is 19.3 Å². The van der Waals surface area contributed by atoms with E-state index < -0.39 is 54.3 Å². The Balaban J connectivity index is 1.38. The highest BCUT2D eigenvalue weighted by molar-refractivity contribution is 6.30. The number of nitrogens with one attached hydrogen (secondary N) is 3. The Morgan fingerprint density at radius 3 is 2.67 bits per heavy atom. The van der Waals surface area contributed by atoms with Crippen LogP contribution in [0.5, 0.6) is 0 Å². The van der Waals surface area contributed by atoms with Crippen molar-refractivity contribution in [3.8, 4) is 6.07 Å². The van der Waals surface area contributed by atoms with E-state index in [1.165, 1.54) is 4.90 Å². The Kier molecular flexibility index (Phi) is 7.99. The molecule has 210 valence electrons. The van der Waals surface area contributed by atoms with Gasteiger partial charge in [0.1, 0.15) is 18.1 Å². The van der Waals surface area contributed by atoms with Crippen LogP contribution in [0.2, 0.25) is 5.02 Å².